The molecule has 2 N–H and O–H groups in total. The molecule has 166 valence electrons. The van der Waals surface area contributed by atoms with Crippen LogP contribution in [0.25, 0.3) is 5.57 Å². The minimum absolute atomic E-state index is 0.130. The molecule has 0 saturated carbocycles. The van der Waals surface area contributed by atoms with Crippen molar-refractivity contribution in [1.29, 1.82) is 0 Å². The van der Waals surface area contributed by atoms with Crippen LogP contribution in [0, 0.1) is 19.7 Å². The second-order valence-electron chi connectivity index (χ2n) is 7.87. The number of amides is 3. The van der Waals surface area contributed by atoms with Crippen LogP contribution >= 0.6 is 0 Å². The topological polar surface area (TPSA) is 78.5 Å². The van der Waals surface area contributed by atoms with Crippen molar-refractivity contribution < 1.29 is 18.8 Å². The lowest BCUT2D eigenvalue weighted by Crippen LogP contribution is -2.32. The molecule has 0 fully saturated rings. The van der Waals surface area contributed by atoms with Gasteiger partial charge in [-0.2, -0.15) is 0 Å². The first-order valence-corrected chi connectivity index (χ1v) is 10.4. The number of rotatable bonds is 5. The lowest BCUT2D eigenvalue weighted by Gasteiger charge is -2.16. The Hall–Kier alpha value is -4.26. The van der Waals surface area contributed by atoms with Gasteiger partial charge in [0.25, 0.3) is 11.8 Å². The van der Waals surface area contributed by atoms with E-state index in [4.69, 9.17) is 0 Å². The van der Waals surface area contributed by atoms with Crippen LogP contribution in [0.15, 0.2) is 72.4 Å². The molecule has 0 atom stereocenters. The van der Waals surface area contributed by atoms with Crippen molar-refractivity contribution in [3.63, 3.8) is 0 Å². The zero-order valence-corrected chi connectivity index (χ0v) is 18.4. The molecule has 7 heteroatoms. The standard InChI is InChI=1S/C26H22FN3O3/c1-15-4-5-16(2)22(14-15)29-24-23(18-6-10-20(11-7-18)28-17(3)31)25(32)30(26(24)33)21-12-8-19(27)9-13-21/h4-14,29H,1-3H3,(H,28,31). The van der Waals surface area contributed by atoms with E-state index in [0.29, 0.717) is 16.9 Å². The molecule has 3 aromatic rings. The number of carbonyl (C=O) groups is 3. The number of halogens is 1. The average Bonchev–Trinajstić information content (AvgIpc) is 3.01. The van der Waals surface area contributed by atoms with Crippen molar-refractivity contribution in [2.75, 3.05) is 15.5 Å². The first-order chi connectivity index (χ1) is 15.7. The van der Waals surface area contributed by atoms with E-state index in [2.05, 4.69) is 10.6 Å². The van der Waals surface area contributed by atoms with E-state index in [9.17, 15) is 18.8 Å². The summed E-state index contributed by atoms with van der Waals surface area (Å²) in [7, 11) is 0. The monoisotopic (exact) mass is 443 g/mol. The summed E-state index contributed by atoms with van der Waals surface area (Å²) in [4.78, 5) is 39.2. The van der Waals surface area contributed by atoms with Crippen LogP contribution in [0.1, 0.15) is 23.6 Å². The number of hydrogen-bond acceptors (Lipinski definition) is 4. The van der Waals surface area contributed by atoms with Crippen LogP contribution in [-0.4, -0.2) is 17.7 Å². The Balaban J connectivity index is 1.81. The molecule has 0 saturated heterocycles. The Morgan fingerprint density at radius 3 is 2.18 bits per heavy atom. The number of nitrogens with zero attached hydrogens (tertiary/aromatic N) is 1. The molecule has 0 radical (unpaired) electrons. The van der Waals surface area contributed by atoms with E-state index in [1.54, 1.807) is 24.3 Å². The lowest BCUT2D eigenvalue weighted by atomic mass is 10.0. The molecule has 3 amide bonds. The van der Waals surface area contributed by atoms with Crippen LogP contribution in [0.5, 0.6) is 0 Å². The minimum atomic E-state index is -0.534. The summed E-state index contributed by atoms with van der Waals surface area (Å²) in [6.07, 6.45) is 0. The van der Waals surface area contributed by atoms with Gasteiger partial charge >= 0.3 is 0 Å². The van der Waals surface area contributed by atoms with E-state index < -0.39 is 17.6 Å². The van der Waals surface area contributed by atoms with Gasteiger partial charge in [-0.15, -0.1) is 0 Å². The molecule has 0 unspecified atom stereocenters. The van der Waals surface area contributed by atoms with Crippen LogP contribution in [0.2, 0.25) is 0 Å². The van der Waals surface area contributed by atoms with Crippen molar-refractivity contribution >= 4 is 40.4 Å². The fourth-order valence-electron chi connectivity index (χ4n) is 3.67. The molecule has 33 heavy (non-hydrogen) atoms. The summed E-state index contributed by atoms with van der Waals surface area (Å²) < 4.78 is 13.4. The van der Waals surface area contributed by atoms with Crippen LogP contribution < -0.4 is 15.5 Å². The molecule has 4 rings (SSSR count). The third-order valence-electron chi connectivity index (χ3n) is 5.32. The Kier molecular flexibility index (Phi) is 5.79. The Labute approximate surface area is 190 Å². The number of anilines is 3. The predicted molar refractivity (Wildman–Crippen MR) is 126 cm³/mol. The maximum absolute atomic E-state index is 13.5. The number of carbonyl (C=O) groups excluding carboxylic acids is 3. The summed E-state index contributed by atoms with van der Waals surface area (Å²) in [6, 6.07) is 17.7. The number of hydrogen-bond donors (Lipinski definition) is 2. The Morgan fingerprint density at radius 1 is 0.879 bits per heavy atom. The first-order valence-electron chi connectivity index (χ1n) is 10.4. The molecule has 0 aromatic heterocycles. The van der Waals surface area contributed by atoms with Gasteiger partial charge in [-0.25, -0.2) is 9.29 Å². The Bertz CT molecular complexity index is 1300. The zero-order valence-electron chi connectivity index (χ0n) is 18.4. The molecular formula is C26H22FN3O3. The summed E-state index contributed by atoms with van der Waals surface area (Å²) >= 11 is 0. The number of nitrogens with one attached hydrogen (secondary N) is 2. The molecule has 0 bridgehead atoms. The fourth-order valence-corrected chi connectivity index (χ4v) is 3.67. The average molecular weight is 443 g/mol. The Morgan fingerprint density at radius 2 is 1.55 bits per heavy atom. The molecule has 6 nitrogen and oxygen atoms in total. The predicted octanol–water partition coefficient (Wildman–Crippen LogP) is 4.80. The highest BCUT2D eigenvalue weighted by atomic mass is 19.1. The van der Waals surface area contributed by atoms with Crippen LogP contribution in [0.3, 0.4) is 0 Å². The van der Waals surface area contributed by atoms with Gasteiger partial charge in [0.2, 0.25) is 5.91 Å². The molecule has 1 aliphatic rings. The maximum atomic E-state index is 13.5. The van der Waals surface area contributed by atoms with Gasteiger partial charge in [0, 0.05) is 18.3 Å². The van der Waals surface area contributed by atoms with Crippen molar-refractivity contribution in [3.8, 4) is 0 Å². The summed E-state index contributed by atoms with van der Waals surface area (Å²) in [5.74, 6) is -1.73. The third-order valence-corrected chi connectivity index (χ3v) is 5.32. The molecule has 0 aliphatic carbocycles. The second-order valence-corrected chi connectivity index (χ2v) is 7.87. The zero-order chi connectivity index (χ0) is 23.7. The molecule has 1 aliphatic heterocycles. The molecule has 1 heterocycles. The van der Waals surface area contributed by atoms with Crippen molar-refractivity contribution in [3.05, 3.63) is 94.9 Å². The highest BCUT2D eigenvalue weighted by Gasteiger charge is 2.40. The molecule has 3 aromatic carbocycles. The van der Waals surface area contributed by atoms with Gasteiger partial charge in [0.05, 0.1) is 11.3 Å². The molecule has 0 spiro atoms. The highest BCUT2D eigenvalue weighted by molar-refractivity contribution is 6.46. The van der Waals surface area contributed by atoms with Gasteiger partial charge in [0.15, 0.2) is 0 Å². The fraction of sp³-hybridized carbons (Fsp3) is 0.115. The summed E-state index contributed by atoms with van der Waals surface area (Å²) in [5, 5.41) is 5.84. The van der Waals surface area contributed by atoms with Gasteiger partial charge in [-0.3, -0.25) is 14.4 Å². The van der Waals surface area contributed by atoms with Crippen LogP contribution in [0.4, 0.5) is 21.5 Å². The van der Waals surface area contributed by atoms with Gasteiger partial charge in [-0.05, 0) is 73.0 Å². The van der Waals surface area contributed by atoms with E-state index in [1.807, 2.05) is 32.0 Å². The summed E-state index contributed by atoms with van der Waals surface area (Å²) in [6.45, 7) is 5.25. The van der Waals surface area contributed by atoms with E-state index in [1.165, 1.54) is 31.2 Å². The third kappa shape index (κ3) is 4.39. The largest absolute Gasteiger partial charge is 0.350 e. The smallest absolute Gasteiger partial charge is 0.282 e. The number of benzene rings is 3. The van der Waals surface area contributed by atoms with Gasteiger partial charge in [0.1, 0.15) is 11.5 Å². The van der Waals surface area contributed by atoms with E-state index >= 15 is 0 Å². The normalized spacial score (nSPS) is 13.5. The van der Waals surface area contributed by atoms with Gasteiger partial charge in [-0.1, -0.05) is 24.3 Å². The van der Waals surface area contributed by atoms with Crippen LogP contribution in [-0.2, 0) is 14.4 Å². The lowest BCUT2D eigenvalue weighted by molar-refractivity contribution is -0.120. The molecular weight excluding hydrogens is 421 g/mol. The highest BCUT2D eigenvalue weighted by Crippen LogP contribution is 2.35. The summed E-state index contributed by atoms with van der Waals surface area (Å²) in [5.41, 5.74) is 4.30. The van der Waals surface area contributed by atoms with Crippen molar-refractivity contribution in [2.45, 2.75) is 20.8 Å². The van der Waals surface area contributed by atoms with Crippen molar-refractivity contribution in [2.24, 2.45) is 0 Å². The van der Waals surface area contributed by atoms with Crippen molar-refractivity contribution in [1.82, 2.24) is 0 Å². The number of imide groups is 1. The van der Waals surface area contributed by atoms with E-state index in [-0.39, 0.29) is 22.9 Å². The van der Waals surface area contributed by atoms with Gasteiger partial charge < -0.3 is 10.6 Å². The quantitative estimate of drug-likeness (QED) is 0.556. The SMILES string of the molecule is CC(=O)Nc1ccc(C2=C(Nc3cc(C)ccc3C)C(=O)N(c3ccc(F)cc3)C2=O)cc1. The maximum Gasteiger partial charge on any atom is 0.282 e. The first kappa shape index (κ1) is 22.0. The second kappa shape index (κ2) is 8.70. The number of aryl methyl sites for hydroxylation is 2. The van der Waals surface area contributed by atoms with E-state index in [0.717, 1.165) is 16.0 Å². The minimum Gasteiger partial charge on any atom is -0.350 e.